The number of ether oxygens (including phenoxy) is 4. The summed E-state index contributed by atoms with van der Waals surface area (Å²) in [6.45, 7) is 2.22. The van der Waals surface area contributed by atoms with Crippen molar-refractivity contribution in [1.29, 1.82) is 10.8 Å². The van der Waals surface area contributed by atoms with E-state index < -0.39 is 12.2 Å². The maximum Gasteiger partial charge on any atom is 0.155 e. The van der Waals surface area contributed by atoms with Gasteiger partial charge in [-0.25, -0.2) is 0 Å². The van der Waals surface area contributed by atoms with Gasteiger partial charge in [0.15, 0.2) is 5.78 Å². The van der Waals surface area contributed by atoms with Gasteiger partial charge in [-0.3, -0.25) is 4.79 Å². The minimum atomic E-state index is -0.459. The molecular formula is C12H22N2O5. The zero-order valence-electron chi connectivity index (χ0n) is 11.4. The molecule has 0 radical (unpaired) electrons. The first-order valence-corrected chi connectivity index (χ1v) is 5.92. The zero-order valence-corrected chi connectivity index (χ0v) is 11.4. The molecule has 0 aliphatic heterocycles. The molecule has 0 aromatic heterocycles. The Balaban J connectivity index is 4.31. The van der Waals surface area contributed by atoms with Gasteiger partial charge in [0.05, 0.1) is 26.4 Å². The predicted molar refractivity (Wildman–Crippen MR) is 70.4 cm³/mol. The van der Waals surface area contributed by atoms with Crippen molar-refractivity contribution in [2.45, 2.75) is 19.1 Å². The van der Waals surface area contributed by atoms with Crippen LogP contribution in [0.3, 0.4) is 0 Å². The van der Waals surface area contributed by atoms with E-state index in [4.69, 9.17) is 29.8 Å². The fourth-order valence-electron chi connectivity index (χ4n) is 1.30. The van der Waals surface area contributed by atoms with Gasteiger partial charge >= 0.3 is 0 Å². The van der Waals surface area contributed by atoms with Gasteiger partial charge in [0.2, 0.25) is 0 Å². The van der Waals surface area contributed by atoms with Crippen LogP contribution in [0.5, 0.6) is 0 Å². The summed E-state index contributed by atoms with van der Waals surface area (Å²) < 4.78 is 21.1. The minimum absolute atomic E-state index is 0.0248. The third-order valence-corrected chi connectivity index (χ3v) is 2.18. The molecule has 19 heavy (non-hydrogen) atoms. The molecule has 0 aromatic carbocycles. The Kier molecular flexibility index (Phi) is 11.2. The van der Waals surface area contributed by atoms with Crippen molar-refractivity contribution < 1.29 is 23.7 Å². The molecule has 0 aromatic rings. The smallest absolute Gasteiger partial charge is 0.155 e. The van der Waals surface area contributed by atoms with Gasteiger partial charge in [0.25, 0.3) is 0 Å². The van der Waals surface area contributed by atoms with E-state index in [1.165, 1.54) is 14.0 Å². The molecule has 0 saturated carbocycles. The van der Waals surface area contributed by atoms with Crippen molar-refractivity contribution in [2.75, 3.05) is 40.1 Å². The SMILES string of the molecule is COC(COCC=N)C(COCC=N)OCC(C)=O. The first-order valence-electron chi connectivity index (χ1n) is 5.92. The van der Waals surface area contributed by atoms with Gasteiger partial charge in [0, 0.05) is 19.5 Å². The maximum atomic E-state index is 10.9. The standard InChI is InChI=1S/C12H22N2O5/c1-10(15)7-19-12(9-18-6-4-14)11(16-2)8-17-5-3-13/h3-4,11-14H,5-9H2,1-2H3. The first-order chi connectivity index (χ1) is 9.15. The second-order valence-corrected chi connectivity index (χ2v) is 3.81. The molecule has 0 amide bonds. The van der Waals surface area contributed by atoms with Gasteiger partial charge in [0.1, 0.15) is 18.8 Å². The molecular weight excluding hydrogens is 252 g/mol. The highest BCUT2D eigenvalue weighted by atomic mass is 16.6. The largest absolute Gasteiger partial charge is 0.376 e. The molecule has 0 fully saturated rings. The molecule has 0 aliphatic carbocycles. The van der Waals surface area contributed by atoms with Crippen molar-refractivity contribution in [1.82, 2.24) is 0 Å². The minimum Gasteiger partial charge on any atom is -0.376 e. The van der Waals surface area contributed by atoms with E-state index in [-0.39, 0.29) is 38.8 Å². The molecule has 2 atom stereocenters. The van der Waals surface area contributed by atoms with Crippen molar-refractivity contribution in [3.05, 3.63) is 0 Å². The number of rotatable bonds is 13. The summed E-state index contributed by atoms with van der Waals surface area (Å²) in [6.07, 6.45) is 1.42. The van der Waals surface area contributed by atoms with Crippen LogP contribution in [0.2, 0.25) is 0 Å². The highest BCUT2D eigenvalue weighted by Crippen LogP contribution is 2.06. The van der Waals surface area contributed by atoms with Gasteiger partial charge in [-0.2, -0.15) is 0 Å². The lowest BCUT2D eigenvalue weighted by atomic mass is 10.2. The molecule has 2 unspecified atom stereocenters. The average molecular weight is 274 g/mol. The summed E-state index contributed by atoms with van der Waals surface area (Å²) in [5.74, 6) is -0.0904. The number of carbonyl (C=O) groups is 1. The van der Waals surface area contributed by atoms with E-state index in [9.17, 15) is 4.79 Å². The molecule has 0 saturated heterocycles. The third kappa shape index (κ3) is 9.43. The number of hydrogen-bond donors (Lipinski definition) is 2. The van der Waals surface area contributed by atoms with E-state index in [2.05, 4.69) is 0 Å². The van der Waals surface area contributed by atoms with Crippen molar-refractivity contribution >= 4 is 18.2 Å². The van der Waals surface area contributed by atoms with Crippen LogP contribution in [0, 0.1) is 10.8 Å². The number of ketones is 1. The highest BCUT2D eigenvalue weighted by Gasteiger charge is 2.23. The van der Waals surface area contributed by atoms with E-state index in [0.717, 1.165) is 12.4 Å². The highest BCUT2D eigenvalue weighted by molar-refractivity contribution is 5.76. The topological polar surface area (TPSA) is 102 Å². The fraction of sp³-hybridized carbons (Fsp3) is 0.750. The lowest BCUT2D eigenvalue weighted by Crippen LogP contribution is -2.39. The number of methoxy groups -OCH3 is 1. The Bertz CT molecular complexity index is 273. The van der Waals surface area contributed by atoms with Crippen LogP contribution < -0.4 is 0 Å². The summed E-state index contributed by atoms with van der Waals surface area (Å²) in [5.41, 5.74) is 0. The second kappa shape index (κ2) is 11.9. The van der Waals surface area contributed by atoms with Crippen LogP contribution in [0.15, 0.2) is 0 Å². The lowest BCUT2D eigenvalue weighted by Gasteiger charge is -2.25. The Morgan fingerprint density at radius 2 is 1.63 bits per heavy atom. The average Bonchev–Trinajstić information content (AvgIpc) is 2.39. The number of Topliss-reactive ketones (excluding diaryl/α,β-unsaturated/α-hetero) is 1. The van der Waals surface area contributed by atoms with Crippen molar-refractivity contribution in [2.24, 2.45) is 0 Å². The van der Waals surface area contributed by atoms with Crippen LogP contribution >= 0.6 is 0 Å². The van der Waals surface area contributed by atoms with E-state index >= 15 is 0 Å². The number of nitrogens with one attached hydrogen (secondary N) is 2. The molecule has 110 valence electrons. The Labute approximate surface area is 113 Å². The quantitative estimate of drug-likeness (QED) is 0.372. The van der Waals surface area contributed by atoms with Gasteiger partial charge < -0.3 is 29.8 Å². The summed E-state index contributed by atoms with van der Waals surface area (Å²) in [6, 6.07) is 0. The second-order valence-electron chi connectivity index (χ2n) is 3.81. The molecule has 7 heteroatoms. The number of carbonyl (C=O) groups excluding carboxylic acids is 1. The Hall–Kier alpha value is -1.15. The normalized spacial score (nSPS) is 13.8. The molecule has 0 bridgehead atoms. The van der Waals surface area contributed by atoms with Crippen LogP contribution in [0.1, 0.15) is 6.92 Å². The molecule has 0 heterocycles. The molecule has 2 N–H and O–H groups in total. The summed E-state index contributed by atoms with van der Waals surface area (Å²) >= 11 is 0. The van der Waals surface area contributed by atoms with Gasteiger partial charge in [-0.1, -0.05) is 0 Å². The van der Waals surface area contributed by atoms with Crippen LogP contribution in [0.4, 0.5) is 0 Å². The van der Waals surface area contributed by atoms with E-state index in [0.29, 0.717) is 0 Å². The first kappa shape index (κ1) is 17.8. The number of hydrogen-bond acceptors (Lipinski definition) is 7. The fourth-order valence-corrected chi connectivity index (χ4v) is 1.30. The molecule has 7 nitrogen and oxygen atoms in total. The van der Waals surface area contributed by atoms with Gasteiger partial charge in [-0.05, 0) is 6.92 Å². The summed E-state index contributed by atoms with van der Waals surface area (Å²) in [7, 11) is 1.51. The maximum absolute atomic E-state index is 10.9. The molecule has 0 aliphatic rings. The van der Waals surface area contributed by atoms with Crippen molar-refractivity contribution in [3.8, 4) is 0 Å². The monoisotopic (exact) mass is 274 g/mol. The Morgan fingerprint density at radius 1 is 1.11 bits per heavy atom. The van der Waals surface area contributed by atoms with Gasteiger partial charge in [-0.15, -0.1) is 0 Å². The third-order valence-electron chi connectivity index (χ3n) is 2.18. The van der Waals surface area contributed by atoms with Crippen molar-refractivity contribution in [3.63, 3.8) is 0 Å². The Morgan fingerprint density at radius 3 is 2.05 bits per heavy atom. The van der Waals surface area contributed by atoms with E-state index in [1.54, 1.807) is 0 Å². The molecule has 0 spiro atoms. The zero-order chi connectivity index (χ0) is 14.5. The molecule has 0 rings (SSSR count). The summed E-state index contributed by atoms with van der Waals surface area (Å²) in [5, 5.41) is 13.7. The van der Waals surface area contributed by atoms with Crippen LogP contribution in [-0.4, -0.2) is 70.6 Å². The summed E-state index contributed by atoms with van der Waals surface area (Å²) in [4.78, 5) is 10.9. The predicted octanol–water partition coefficient (Wildman–Crippen LogP) is 0.308. The van der Waals surface area contributed by atoms with Crippen LogP contribution in [0.25, 0.3) is 0 Å². The van der Waals surface area contributed by atoms with Crippen LogP contribution in [-0.2, 0) is 23.7 Å². The lowest BCUT2D eigenvalue weighted by molar-refractivity contribution is -0.135. The van der Waals surface area contributed by atoms with E-state index in [1.807, 2.05) is 0 Å².